The molecule has 0 aliphatic carbocycles. The van der Waals surface area contributed by atoms with Crippen LogP contribution in [0.5, 0.6) is 0 Å². The van der Waals surface area contributed by atoms with Gasteiger partial charge in [-0.3, -0.25) is 14.6 Å². The van der Waals surface area contributed by atoms with Crippen LogP contribution in [0.25, 0.3) is 10.8 Å². The zero-order valence-corrected chi connectivity index (χ0v) is 17.2. The molecule has 1 fully saturated rings. The first-order valence-corrected chi connectivity index (χ1v) is 10.4. The fourth-order valence-electron chi connectivity index (χ4n) is 3.65. The predicted molar refractivity (Wildman–Crippen MR) is 114 cm³/mol. The van der Waals surface area contributed by atoms with Crippen LogP contribution < -0.4 is 5.32 Å². The number of piperazine rings is 1. The molecular weight excluding hydrogens is 350 g/mol. The number of rotatable bonds is 9. The second-order valence-electron chi connectivity index (χ2n) is 7.81. The summed E-state index contributed by atoms with van der Waals surface area (Å²) in [6.07, 6.45) is 1.11. The Labute approximate surface area is 168 Å². The summed E-state index contributed by atoms with van der Waals surface area (Å²) in [6, 6.07) is 15.1. The molecule has 1 N–H and O–H groups in total. The van der Waals surface area contributed by atoms with Gasteiger partial charge in [0.05, 0.1) is 12.6 Å². The molecule has 152 valence electrons. The number of hydrogen-bond acceptors (Lipinski definition) is 4. The number of carbonyl (C=O) groups is 1. The van der Waals surface area contributed by atoms with Gasteiger partial charge in [-0.2, -0.15) is 0 Å². The standard InChI is InChI=1S/C23H33N3O2/c1-19(2)28-16-6-11-24-23(27)18-26-14-12-25(13-15-26)17-21-9-5-8-20-7-3-4-10-22(20)21/h3-5,7-10,19H,6,11-18H2,1-2H3,(H,24,27). The SMILES string of the molecule is CC(C)OCCCNC(=O)CN1CCN(Cc2cccc3ccccc23)CC1. The number of nitrogens with zero attached hydrogens (tertiary/aromatic N) is 2. The van der Waals surface area contributed by atoms with Crippen molar-refractivity contribution in [3.63, 3.8) is 0 Å². The Bertz CT molecular complexity index is 749. The summed E-state index contributed by atoms with van der Waals surface area (Å²) in [6.45, 7) is 10.8. The van der Waals surface area contributed by atoms with Crippen LogP contribution in [0.3, 0.4) is 0 Å². The maximum Gasteiger partial charge on any atom is 0.234 e. The van der Waals surface area contributed by atoms with Gasteiger partial charge in [-0.25, -0.2) is 0 Å². The van der Waals surface area contributed by atoms with Gasteiger partial charge in [0.2, 0.25) is 5.91 Å². The molecule has 1 saturated heterocycles. The van der Waals surface area contributed by atoms with Gasteiger partial charge in [-0.1, -0.05) is 42.5 Å². The molecular formula is C23H33N3O2. The van der Waals surface area contributed by atoms with Crippen molar-refractivity contribution in [3.8, 4) is 0 Å². The summed E-state index contributed by atoms with van der Waals surface area (Å²) >= 11 is 0. The van der Waals surface area contributed by atoms with E-state index in [1.54, 1.807) is 0 Å². The van der Waals surface area contributed by atoms with Gasteiger partial charge < -0.3 is 10.1 Å². The largest absolute Gasteiger partial charge is 0.379 e. The minimum Gasteiger partial charge on any atom is -0.379 e. The van der Waals surface area contributed by atoms with Crippen molar-refractivity contribution in [3.05, 3.63) is 48.0 Å². The molecule has 0 radical (unpaired) electrons. The van der Waals surface area contributed by atoms with E-state index in [1.165, 1.54) is 16.3 Å². The van der Waals surface area contributed by atoms with Crippen LogP contribution in [-0.4, -0.2) is 67.7 Å². The molecule has 0 aromatic heterocycles. The molecule has 3 rings (SSSR count). The Hall–Kier alpha value is -1.95. The summed E-state index contributed by atoms with van der Waals surface area (Å²) in [7, 11) is 0. The third-order valence-electron chi connectivity index (χ3n) is 5.20. The number of fused-ring (bicyclic) bond motifs is 1. The fraction of sp³-hybridized carbons (Fsp3) is 0.522. The van der Waals surface area contributed by atoms with Crippen molar-refractivity contribution in [1.29, 1.82) is 0 Å². The monoisotopic (exact) mass is 383 g/mol. The highest BCUT2D eigenvalue weighted by Gasteiger charge is 2.19. The van der Waals surface area contributed by atoms with Gasteiger partial charge in [0.1, 0.15) is 0 Å². The zero-order chi connectivity index (χ0) is 19.8. The molecule has 0 spiro atoms. The van der Waals surface area contributed by atoms with Crippen LogP contribution >= 0.6 is 0 Å². The molecule has 1 amide bonds. The van der Waals surface area contributed by atoms with E-state index in [2.05, 4.69) is 57.6 Å². The average molecular weight is 384 g/mol. The number of amides is 1. The maximum absolute atomic E-state index is 12.1. The molecule has 0 atom stereocenters. The van der Waals surface area contributed by atoms with E-state index in [1.807, 2.05) is 13.8 Å². The molecule has 1 aliphatic rings. The summed E-state index contributed by atoms with van der Waals surface area (Å²) in [4.78, 5) is 16.9. The van der Waals surface area contributed by atoms with Gasteiger partial charge in [0.15, 0.2) is 0 Å². The summed E-state index contributed by atoms with van der Waals surface area (Å²) in [5.74, 6) is 0.118. The molecule has 1 aliphatic heterocycles. The Kier molecular flexibility index (Phi) is 7.83. The van der Waals surface area contributed by atoms with Crippen LogP contribution in [0.15, 0.2) is 42.5 Å². The van der Waals surface area contributed by atoms with Crippen molar-refractivity contribution in [2.45, 2.75) is 32.9 Å². The smallest absolute Gasteiger partial charge is 0.234 e. The van der Waals surface area contributed by atoms with Crippen LogP contribution in [0.2, 0.25) is 0 Å². The third-order valence-corrected chi connectivity index (χ3v) is 5.20. The number of hydrogen-bond donors (Lipinski definition) is 1. The van der Waals surface area contributed by atoms with Crippen molar-refractivity contribution in [1.82, 2.24) is 15.1 Å². The second kappa shape index (κ2) is 10.6. The lowest BCUT2D eigenvalue weighted by Crippen LogP contribution is -2.49. The molecule has 0 saturated carbocycles. The van der Waals surface area contributed by atoms with Crippen LogP contribution in [-0.2, 0) is 16.1 Å². The number of nitrogens with one attached hydrogen (secondary N) is 1. The average Bonchev–Trinajstić information content (AvgIpc) is 2.69. The number of ether oxygens (including phenoxy) is 1. The highest BCUT2D eigenvalue weighted by molar-refractivity contribution is 5.85. The molecule has 0 bridgehead atoms. The molecule has 5 heteroatoms. The molecule has 2 aromatic carbocycles. The van der Waals surface area contributed by atoms with E-state index in [0.717, 1.165) is 39.1 Å². The zero-order valence-electron chi connectivity index (χ0n) is 17.2. The van der Waals surface area contributed by atoms with E-state index < -0.39 is 0 Å². The second-order valence-corrected chi connectivity index (χ2v) is 7.81. The normalized spacial score (nSPS) is 16.0. The van der Waals surface area contributed by atoms with Crippen molar-refractivity contribution in [2.75, 3.05) is 45.9 Å². The van der Waals surface area contributed by atoms with E-state index in [9.17, 15) is 4.79 Å². The first-order chi connectivity index (χ1) is 13.6. The van der Waals surface area contributed by atoms with Crippen LogP contribution in [0.1, 0.15) is 25.8 Å². The first kappa shape index (κ1) is 20.8. The predicted octanol–water partition coefficient (Wildman–Crippen LogP) is 2.89. The highest BCUT2D eigenvalue weighted by atomic mass is 16.5. The quantitative estimate of drug-likeness (QED) is 0.677. The van der Waals surface area contributed by atoms with Gasteiger partial charge in [-0.05, 0) is 36.6 Å². The van der Waals surface area contributed by atoms with Gasteiger partial charge >= 0.3 is 0 Å². The summed E-state index contributed by atoms with van der Waals surface area (Å²) < 4.78 is 5.49. The van der Waals surface area contributed by atoms with Crippen molar-refractivity contribution >= 4 is 16.7 Å². The third kappa shape index (κ3) is 6.30. The van der Waals surface area contributed by atoms with Gasteiger partial charge in [-0.15, -0.1) is 0 Å². The Balaban J connectivity index is 1.38. The lowest BCUT2D eigenvalue weighted by atomic mass is 10.0. The highest BCUT2D eigenvalue weighted by Crippen LogP contribution is 2.20. The minimum absolute atomic E-state index is 0.118. The van der Waals surface area contributed by atoms with Crippen LogP contribution in [0, 0.1) is 0 Å². The fourth-order valence-corrected chi connectivity index (χ4v) is 3.65. The maximum atomic E-state index is 12.1. The summed E-state index contributed by atoms with van der Waals surface area (Å²) in [5.41, 5.74) is 1.38. The lowest BCUT2D eigenvalue weighted by Gasteiger charge is -2.34. The van der Waals surface area contributed by atoms with Crippen LogP contribution in [0.4, 0.5) is 0 Å². The Morgan fingerprint density at radius 2 is 1.75 bits per heavy atom. The van der Waals surface area contributed by atoms with Crippen molar-refractivity contribution < 1.29 is 9.53 Å². The van der Waals surface area contributed by atoms with Gasteiger partial charge in [0.25, 0.3) is 0 Å². The van der Waals surface area contributed by atoms with Gasteiger partial charge in [0, 0.05) is 45.9 Å². The number of benzene rings is 2. The molecule has 1 heterocycles. The van der Waals surface area contributed by atoms with E-state index in [0.29, 0.717) is 19.7 Å². The molecule has 5 nitrogen and oxygen atoms in total. The minimum atomic E-state index is 0.118. The number of carbonyl (C=O) groups excluding carboxylic acids is 1. The topological polar surface area (TPSA) is 44.8 Å². The first-order valence-electron chi connectivity index (χ1n) is 10.4. The lowest BCUT2D eigenvalue weighted by molar-refractivity contribution is -0.122. The molecule has 28 heavy (non-hydrogen) atoms. The van der Waals surface area contributed by atoms with E-state index in [-0.39, 0.29) is 12.0 Å². The summed E-state index contributed by atoms with van der Waals surface area (Å²) in [5, 5.41) is 5.64. The Morgan fingerprint density at radius 3 is 2.54 bits per heavy atom. The van der Waals surface area contributed by atoms with E-state index in [4.69, 9.17) is 4.74 Å². The van der Waals surface area contributed by atoms with Crippen molar-refractivity contribution in [2.24, 2.45) is 0 Å². The Morgan fingerprint density at radius 1 is 1.04 bits per heavy atom. The van der Waals surface area contributed by atoms with E-state index >= 15 is 0 Å². The molecule has 2 aromatic rings. The molecule has 0 unspecified atom stereocenters.